The summed E-state index contributed by atoms with van der Waals surface area (Å²) in [5, 5.41) is 0. The van der Waals surface area contributed by atoms with E-state index in [1.165, 1.54) is 28.0 Å². The zero-order chi connectivity index (χ0) is 23.7. The average Bonchev–Trinajstić information content (AvgIpc) is 2.98. The van der Waals surface area contributed by atoms with Gasteiger partial charge in [-0.25, -0.2) is 0 Å². The fraction of sp³-hybridized carbons (Fsp3) is 0.156. The summed E-state index contributed by atoms with van der Waals surface area (Å²) in [6.45, 7) is 12.6. The lowest BCUT2D eigenvalue weighted by Crippen LogP contribution is -2.39. The molecule has 0 bridgehead atoms. The minimum Gasteiger partial charge on any atom is -0.310 e. The number of para-hydroxylation sites is 1. The Balaban J connectivity index is 1.94. The quantitative estimate of drug-likeness (QED) is 0.428. The molecule has 1 atom stereocenters. The second-order valence-electron chi connectivity index (χ2n) is 8.75. The topological polar surface area (TPSA) is 15.6 Å². The standard InChI is InChI=1S/C32H30N2/c1-5-7-21-29-23(3)32(27-19-13-12-18-26(27)25(6-2)31(32)33-4)28-20-14-15-22-30(28)34(29)24-16-10-8-9-11-17-24/h6-8,10-22H,2,4-5,9H2,1,3H3/b21-7-. The molecule has 1 spiro atoms. The van der Waals surface area contributed by atoms with E-state index in [0.717, 1.165) is 35.5 Å². The van der Waals surface area contributed by atoms with Crippen LogP contribution < -0.4 is 4.90 Å². The third-order valence-corrected chi connectivity index (χ3v) is 7.06. The predicted octanol–water partition coefficient (Wildman–Crippen LogP) is 8.04. The number of fused-ring (bicyclic) bond motifs is 4. The fourth-order valence-electron chi connectivity index (χ4n) is 5.67. The first-order valence-electron chi connectivity index (χ1n) is 11.9. The molecule has 2 aliphatic carbocycles. The monoisotopic (exact) mass is 442 g/mol. The molecule has 0 aromatic heterocycles. The smallest absolute Gasteiger partial charge is 0.0886 e. The van der Waals surface area contributed by atoms with Crippen LogP contribution >= 0.6 is 0 Å². The molecule has 34 heavy (non-hydrogen) atoms. The summed E-state index contributed by atoms with van der Waals surface area (Å²) in [6.07, 6.45) is 19.3. The lowest BCUT2D eigenvalue weighted by Gasteiger charge is -2.45. The maximum Gasteiger partial charge on any atom is 0.0886 e. The van der Waals surface area contributed by atoms with E-state index in [9.17, 15) is 0 Å². The minimum atomic E-state index is -0.521. The zero-order valence-electron chi connectivity index (χ0n) is 20.0. The van der Waals surface area contributed by atoms with Crippen molar-refractivity contribution in [1.29, 1.82) is 0 Å². The van der Waals surface area contributed by atoms with Crippen LogP contribution in [0, 0.1) is 0 Å². The van der Waals surface area contributed by atoms with E-state index in [4.69, 9.17) is 0 Å². The Bertz CT molecular complexity index is 1360. The molecule has 168 valence electrons. The lowest BCUT2D eigenvalue weighted by atomic mass is 9.66. The highest BCUT2D eigenvalue weighted by molar-refractivity contribution is 5.93. The molecule has 2 aromatic carbocycles. The van der Waals surface area contributed by atoms with E-state index in [0.29, 0.717) is 0 Å². The summed E-state index contributed by atoms with van der Waals surface area (Å²) in [7, 11) is 0. The van der Waals surface area contributed by atoms with Gasteiger partial charge in [0, 0.05) is 17.0 Å². The molecule has 0 amide bonds. The van der Waals surface area contributed by atoms with Crippen molar-refractivity contribution in [1.82, 2.24) is 0 Å². The molecular formula is C32H30N2. The Labute approximate surface area is 203 Å². The highest BCUT2D eigenvalue weighted by Gasteiger charge is 2.52. The van der Waals surface area contributed by atoms with Crippen LogP contribution in [-0.2, 0) is 5.41 Å². The van der Waals surface area contributed by atoms with Crippen molar-refractivity contribution in [3.05, 3.63) is 143 Å². The number of nitrogens with zero attached hydrogens (tertiary/aromatic N) is 2. The predicted molar refractivity (Wildman–Crippen MR) is 146 cm³/mol. The summed E-state index contributed by atoms with van der Waals surface area (Å²) in [6, 6.07) is 17.4. The van der Waals surface area contributed by atoms with E-state index in [-0.39, 0.29) is 0 Å². The molecule has 2 nitrogen and oxygen atoms in total. The molecule has 0 fully saturated rings. The number of allylic oxidation sites excluding steroid dienone is 10. The van der Waals surface area contributed by atoms with Crippen LogP contribution in [0.15, 0.2) is 131 Å². The van der Waals surface area contributed by atoms with Crippen LogP contribution in [0.3, 0.4) is 0 Å². The molecule has 0 N–H and O–H groups in total. The largest absolute Gasteiger partial charge is 0.310 e. The van der Waals surface area contributed by atoms with Gasteiger partial charge in [0.25, 0.3) is 0 Å². The Kier molecular flexibility index (Phi) is 5.67. The number of rotatable bonds is 5. The molecule has 0 saturated carbocycles. The van der Waals surface area contributed by atoms with Crippen LogP contribution in [0.5, 0.6) is 0 Å². The molecule has 2 aromatic rings. The van der Waals surface area contributed by atoms with Crippen LogP contribution in [0.25, 0.3) is 5.57 Å². The summed E-state index contributed by atoms with van der Waals surface area (Å²) < 4.78 is 0. The Morgan fingerprint density at radius 1 is 1.06 bits per heavy atom. The fourth-order valence-corrected chi connectivity index (χ4v) is 5.67. The number of hydrogen-bond donors (Lipinski definition) is 0. The van der Waals surface area contributed by atoms with Gasteiger partial charge in [0.2, 0.25) is 0 Å². The SMILES string of the molecule is C=CC1=C(N=C)C2(C(C)=C(/C=C\CC)N(C3=CC=CCC=C3)c3ccccc32)c2ccccc21. The van der Waals surface area contributed by atoms with Crippen molar-refractivity contribution < 1.29 is 0 Å². The highest BCUT2D eigenvalue weighted by atomic mass is 15.2. The van der Waals surface area contributed by atoms with Gasteiger partial charge in [-0.15, -0.1) is 0 Å². The normalized spacial score (nSPS) is 21.1. The zero-order valence-corrected chi connectivity index (χ0v) is 20.0. The van der Waals surface area contributed by atoms with Crippen LogP contribution in [0.4, 0.5) is 5.69 Å². The lowest BCUT2D eigenvalue weighted by molar-refractivity contribution is 0.687. The van der Waals surface area contributed by atoms with Crippen LogP contribution in [-0.4, -0.2) is 6.72 Å². The highest BCUT2D eigenvalue weighted by Crippen LogP contribution is 2.60. The van der Waals surface area contributed by atoms with Crippen molar-refractivity contribution in [3.63, 3.8) is 0 Å². The van der Waals surface area contributed by atoms with Gasteiger partial charge in [0.1, 0.15) is 0 Å². The first-order valence-corrected chi connectivity index (χ1v) is 11.9. The summed E-state index contributed by atoms with van der Waals surface area (Å²) >= 11 is 0. The average molecular weight is 443 g/mol. The molecule has 5 rings (SSSR count). The first-order chi connectivity index (χ1) is 16.7. The molecule has 1 heterocycles. The second kappa shape index (κ2) is 8.79. The molecule has 2 heteroatoms. The van der Waals surface area contributed by atoms with Crippen molar-refractivity contribution in [2.45, 2.75) is 32.1 Å². The van der Waals surface area contributed by atoms with Crippen LogP contribution in [0.2, 0.25) is 0 Å². The molecular weight excluding hydrogens is 412 g/mol. The molecule has 0 saturated heterocycles. The van der Waals surface area contributed by atoms with Gasteiger partial charge in [-0.05, 0) is 73.0 Å². The van der Waals surface area contributed by atoms with Crippen molar-refractivity contribution in [2.24, 2.45) is 4.99 Å². The van der Waals surface area contributed by atoms with E-state index >= 15 is 0 Å². The van der Waals surface area contributed by atoms with E-state index in [1.807, 2.05) is 6.08 Å². The second-order valence-corrected chi connectivity index (χ2v) is 8.75. The van der Waals surface area contributed by atoms with Gasteiger partial charge < -0.3 is 4.90 Å². The number of aliphatic imine (C=N–C) groups is 1. The number of anilines is 1. The maximum atomic E-state index is 4.69. The molecule has 1 unspecified atom stereocenters. The van der Waals surface area contributed by atoms with Gasteiger partial charge >= 0.3 is 0 Å². The third-order valence-electron chi connectivity index (χ3n) is 7.06. The third kappa shape index (κ3) is 2.99. The van der Waals surface area contributed by atoms with Crippen molar-refractivity contribution in [2.75, 3.05) is 4.90 Å². The molecule has 3 aliphatic rings. The minimum absolute atomic E-state index is 0.521. The van der Waals surface area contributed by atoms with Gasteiger partial charge in [0.05, 0.1) is 16.8 Å². The number of benzene rings is 2. The number of hydrogen-bond acceptors (Lipinski definition) is 2. The van der Waals surface area contributed by atoms with Crippen LogP contribution in [0.1, 0.15) is 43.4 Å². The Morgan fingerprint density at radius 3 is 2.59 bits per heavy atom. The van der Waals surface area contributed by atoms with Crippen molar-refractivity contribution >= 4 is 18.0 Å². The van der Waals surface area contributed by atoms with Gasteiger partial charge in [-0.2, -0.15) is 0 Å². The van der Waals surface area contributed by atoms with E-state index in [1.54, 1.807) is 0 Å². The van der Waals surface area contributed by atoms with E-state index < -0.39 is 5.41 Å². The Hall–Kier alpha value is -3.91. The molecule has 1 aliphatic heterocycles. The molecule has 0 radical (unpaired) electrons. The Morgan fingerprint density at radius 2 is 1.82 bits per heavy atom. The first kappa shape index (κ1) is 21.9. The van der Waals surface area contributed by atoms with Gasteiger partial charge in [-0.1, -0.05) is 86.3 Å². The summed E-state index contributed by atoms with van der Waals surface area (Å²) in [5.74, 6) is 0. The summed E-state index contributed by atoms with van der Waals surface area (Å²) in [5.41, 5.74) is 9.86. The summed E-state index contributed by atoms with van der Waals surface area (Å²) in [4.78, 5) is 7.08. The van der Waals surface area contributed by atoms with Crippen molar-refractivity contribution in [3.8, 4) is 0 Å². The van der Waals surface area contributed by atoms with E-state index in [2.05, 4.69) is 128 Å². The maximum absolute atomic E-state index is 4.69. The van der Waals surface area contributed by atoms with Gasteiger partial charge in [-0.3, -0.25) is 4.99 Å². The van der Waals surface area contributed by atoms with Gasteiger partial charge in [0.15, 0.2) is 0 Å².